The number of rotatable bonds is 12. The summed E-state index contributed by atoms with van der Waals surface area (Å²) in [6.45, 7) is 3.89. The summed E-state index contributed by atoms with van der Waals surface area (Å²) in [6.07, 6.45) is 13.8. The molecule has 5 N–H and O–H groups in total. The van der Waals surface area contributed by atoms with Crippen molar-refractivity contribution in [2.24, 2.45) is 11.7 Å². The van der Waals surface area contributed by atoms with Crippen LogP contribution in [0.1, 0.15) is 74.6 Å². The second-order valence-corrected chi connectivity index (χ2v) is 12.7. The molecule has 4 aromatic rings. The van der Waals surface area contributed by atoms with E-state index in [2.05, 4.69) is 40.8 Å². The van der Waals surface area contributed by atoms with Crippen molar-refractivity contribution in [2.75, 3.05) is 18.4 Å². The second-order valence-electron chi connectivity index (χ2n) is 12.3. The zero-order valence-electron chi connectivity index (χ0n) is 25.3. The number of anilines is 1. The van der Waals surface area contributed by atoms with Crippen LogP contribution >= 0.6 is 36.4 Å². The molecular weight excluding hydrogens is 613 g/mol. The van der Waals surface area contributed by atoms with Crippen molar-refractivity contribution in [1.82, 2.24) is 15.3 Å². The van der Waals surface area contributed by atoms with E-state index < -0.39 is 6.04 Å². The zero-order valence-corrected chi connectivity index (χ0v) is 27.7. The van der Waals surface area contributed by atoms with E-state index >= 15 is 0 Å². The maximum absolute atomic E-state index is 12.5. The average molecular weight is 657 g/mol. The molecule has 2 aliphatic rings. The topological polar surface area (TPSA) is 95.8 Å². The van der Waals surface area contributed by atoms with Crippen LogP contribution in [-0.4, -0.2) is 35.0 Å². The third kappa shape index (κ3) is 7.71. The molecule has 6 rings (SSSR count). The van der Waals surface area contributed by atoms with Gasteiger partial charge in [-0.3, -0.25) is 9.78 Å². The van der Waals surface area contributed by atoms with E-state index in [4.69, 9.17) is 22.3 Å². The Kier molecular flexibility index (Phi) is 12.0. The number of para-hydroxylation sites is 1. The first-order valence-electron chi connectivity index (χ1n) is 15.6. The lowest BCUT2D eigenvalue weighted by molar-refractivity contribution is -0.122. The molecule has 9 heteroatoms. The monoisotopic (exact) mass is 655 g/mol. The number of carbonyl (C=O) groups is 1. The molecule has 2 aromatic carbocycles. The van der Waals surface area contributed by atoms with Gasteiger partial charge in [-0.2, -0.15) is 0 Å². The van der Waals surface area contributed by atoms with Gasteiger partial charge in [0.15, 0.2) is 0 Å². The normalized spacial score (nSPS) is 17.7. The molecule has 44 heavy (non-hydrogen) atoms. The fourth-order valence-corrected chi connectivity index (χ4v) is 7.21. The molecule has 0 radical (unpaired) electrons. The van der Waals surface area contributed by atoms with Gasteiger partial charge in [0, 0.05) is 57.5 Å². The minimum atomic E-state index is -0.541. The number of fused-ring (bicyclic) bond motifs is 6. The first-order valence-corrected chi connectivity index (χ1v) is 16.0. The highest BCUT2D eigenvalue weighted by Crippen LogP contribution is 2.47. The van der Waals surface area contributed by atoms with Gasteiger partial charge in [-0.15, -0.1) is 24.8 Å². The van der Waals surface area contributed by atoms with Crippen molar-refractivity contribution in [3.8, 4) is 0 Å². The molecular formula is C35H44Cl3N5O. The minimum Gasteiger partial charge on any atom is -0.384 e. The predicted octanol–water partition coefficient (Wildman–Crippen LogP) is 8.26. The molecule has 1 amide bonds. The maximum Gasteiger partial charge on any atom is 0.237 e. The first-order chi connectivity index (χ1) is 20.5. The Morgan fingerprint density at radius 1 is 1.05 bits per heavy atom. The minimum absolute atomic E-state index is 0. The molecule has 2 heterocycles. The molecule has 0 saturated heterocycles. The maximum atomic E-state index is 12.5. The van der Waals surface area contributed by atoms with Crippen LogP contribution in [0.15, 0.2) is 60.3 Å². The number of halogens is 3. The van der Waals surface area contributed by atoms with E-state index in [0.29, 0.717) is 24.8 Å². The van der Waals surface area contributed by atoms with Crippen molar-refractivity contribution >= 4 is 69.8 Å². The number of pyridine rings is 1. The van der Waals surface area contributed by atoms with Gasteiger partial charge in [0.05, 0.1) is 11.6 Å². The number of unbranched alkanes of at least 4 members (excludes halogenated alkanes) is 4. The van der Waals surface area contributed by atoms with E-state index in [1.807, 2.05) is 36.5 Å². The third-order valence-electron chi connectivity index (χ3n) is 9.01. The summed E-state index contributed by atoms with van der Waals surface area (Å²) < 4.78 is 0. The van der Waals surface area contributed by atoms with Gasteiger partial charge in [0.2, 0.25) is 5.91 Å². The van der Waals surface area contributed by atoms with Gasteiger partial charge < -0.3 is 21.4 Å². The van der Waals surface area contributed by atoms with Crippen LogP contribution in [0, 0.1) is 5.92 Å². The summed E-state index contributed by atoms with van der Waals surface area (Å²) in [7, 11) is 0. The smallest absolute Gasteiger partial charge is 0.237 e. The Morgan fingerprint density at radius 3 is 2.66 bits per heavy atom. The standard InChI is InChI=1S/C35H42ClN5O.2ClH/c1-22-15-23-17-24(16-22)33-32(18-23)41-31-20-26(36)11-12-28(31)34(33)38-13-7-3-2-4-8-14-39-35(42)29(37)19-25-21-40-30-10-6-5-9-27(25)30;;/h5-6,9-12,15,20-21,23-24,29,40H,2-4,7-8,13-14,16-19,37H2,1H3,(H,38,41)(H,39,42);2*1H/t23?,24?,29-;;/m0../s1. The summed E-state index contributed by atoms with van der Waals surface area (Å²) in [6, 6.07) is 13.7. The number of H-pyrrole nitrogens is 1. The molecule has 0 saturated carbocycles. The van der Waals surface area contributed by atoms with Gasteiger partial charge in [-0.05, 0) is 87.1 Å². The molecule has 2 aromatic heterocycles. The average Bonchev–Trinajstić information content (AvgIpc) is 3.37. The lowest BCUT2D eigenvalue weighted by atomic mass is 9.71. The van der Waals surface area contributed by atoms with Gasteiger partial charge in [0.25, 0.3) is 0 Å². The summed E-state index contributed by atoms with van der Waals surface area (Å²) in [5.41, 5.74) is 14.8. The number of aromatic nitrogens is 2. The zero-order chi connectivity index (χ0) is 29.1. The van der Waals surface area contributed by atoms with Crippen LogP contribution in [-0.2, 0) is 17.6 Å². The third-order valence-corrected chi connectivity index (χ3v) is 9.25. The summed E-state index contributed by atoms with van der Waals surface area (Å²) in [5.74, 6) is 1.08. The molecule has 0 aliphatic heterocycles. The Balaban J connectivity index is 0.00000221. The van der Waals surface area contributed by atoms with Crippen LogP contribution in [0.5, 0.6) is 0 Å². The Bertz CT molecular complexity index is 1620. The second kappa shape index (κ2) is 15.5. The fourth-order valence-electron chi connectivity index (χ4n) is 7.04. The highest BCUT2D eigenvalue weighted by atomic mass is 35.5. The Labute approximate surface area is 277 Å². The van der Waals surface area contributed by atoms with E-state index in [-0.39, 0.29) is 30.7 Å². The van der Waals surface area contributed by atoms with Crippen molar-refractivity contribution < 1.29 is 4.79 Å². The Morgan fingerprint density at radius 2 is 1.82 bits per heavy atom. The van der Waals surface area contributed by atoms with Gasteiger partial charge in [-0.1, -0.05) is 60.7 Å². The molecule has 2 unspecified atom stereocenters. The number of hydrogen-bond acceptors (Lipinski definition) is 4. The number of aromatic amines is 1. The number of allylic oxidation sites excluding steroid dienone is 2. The van der Waals surface area contributed by atoms with Crippen LogP contribution in [0.4, 0.5) is 5.69 Å². The van der Waals surface area contributed by atoms with Crippen molar-refractivity contribution in [2.45, 2.75) is 76.7 Å². The molecule has 2 bridgehead atoms. The molecule has 0 fully saturated rings. The van der Waals surface area contributed by atoms with Crippen molar-refractivity contribution in [1.29, 1.82) is 0 Å². The summed E-state index contributed by atoms with van der Waals surface area (Å²) in [4.78, 5) is 20.9. The van der Waals surface area contributed by atoms with Crippen LogP contribution in [0.2, 0.25) is 5.02 Å². The number of nitrogens with one attached hydrogen (secondary N) is 3. The number of carbonyl (C=O) groups excluding carboxylic acids is 1. The molecule has 0 spiro atoms. The molecule has 236 valence electrons. The summed E-state index contributed by atoms with van der Waals surface area (Å²) in [5, 5.41) is 9.92. The van der Waals surface area contributed by atoms with Crippen LogP contribution in [0.25, 0.3) is 21.8 Å². The number of benzene rings is 2. The quantitative estimate of drug-likeness (QED) is 0.0912. The molecule has 3 atom stereocenters. The van der Waals surface area contributed by atoms with Crippen LogP contribution < -0.4 is 16.4 Å². The van der Waals surface area contributed by atoms with Gasteiger partial charge in [0.1, 0.15) is 0 Å². The van der Waals surface area contributed by atoms with Gasteiger partial charge >= 0.3 is 0 Å². The lowest BCUT2D eigenvalue weighted by Crippen LogP contribution is -2.42. The first kappa shape index (κ1) is 34.1. The summed E-state index contributed by atoms with van der Waals surface area (Å²) >= 11 is 6.35. The lowest BCUT2D eigenvalue weighted by Gasteiger charge is -2.36. The highest BCUT2D eigenvalue weighted by molar-refractivity contribution is 6.31. The number of nitrogens with zero attached hydrogens (tertiary/aromatic N) is 1. The number of hydrogen-bond donors (Lipinski definition) is 4. The van der Waals surface area contributed by atoms with Crippen LogP contribution in [0.3, 0.4) is 0 Å². The molecule has 2 aliphatic carbocycles. The predicted molar refractivity (Wildman–Crippen MR) is 189 cm³/mol. The van der Waals surface area contributed by atoms with Crippen molar-refractivity contribution in [3.63, 3.8) is 0 Å². The van der Waals surface area contributed by atoms with E-state index in [1.54, 1.807) is 0 Å². The van der Waals surface area contributed by atoms with E-state index in [0.717, 1.165) is 78.5 Å². The largest absolute Gasteiger partial charge is 0.384 e. The van der Waals surface area contributed by atoms with Gasteiger partial charge in [-0.25, -0.2) is 0 Å². The van der Waals surface area contributed by atoms with Crippen molar-refractivity contribution in [3.05, 3.63) is 82.2 Å². The van der Waals surface area contributed by atoms with E-state index in [1.165, 1.54) is 34.3 Å². The highest BCUT2D eigenvalue weighted by Gasteiger charge is 2.33. The number of amides is 1. The SMILES string of the molecule is CC1=CC2Cc3nc4cc(Cl)ccc4c(NCCCCCCCNC(=O)[C@@H](N)Cc4c[nH]c5ccccc45)c3C(C1)C2.Cl.Cl. The number of nitrogens with two attached hydrogens (primary N) is 1. The fraction of sp³-hybridized carbons (Fsp3) is 0.429. The Hall–Kier alpha value is -2.77. The molecule has 6 nitrogen and oxygen atoms in total. The van der Waals surface area contributed by atoms with E-state index in [9.17, 15) is 4.79 Å².